The monoisotopic (exact) mass is 479 g/mol. The predicted molar refractivity (Wildman–Crippen MR) is 129 cm³/mol. The van der Waals surface area contributed by atoms with Gasteiger partial charge in [-0.05, 0) is 59.2 Å². The van der Waals surface area contributed by atoms with Gasteiger partial charge < -0.3 is 25.3 Å². The molecule has 1 aromatic heterocycles. The lowest BCUT2D eigenvalue weighted by molar-refractivity contribution is -0.116. The predicted octanol–water partition coefficient (Wildman–Crippen LogP) is 3.93. The van der Waals surface area contributed by atoms with Crippen LogP contribution in [-0.4, -0.2) is 32.8 Å². The summed E-state index contributed by atoms with van der Waals surface area (Å²) in [4.78, 5) is 27.3. The van der Waals surface area contributed by atoms with E-state index >= 15 is 0 Å². The number of ether oxygens (including phenoxy) is 1. The average Bonchev–Trinajstić information content (AvgIpc) is 3.13. The van der Waals surface area contributed by atoms with Gasteiger partial charge in [-0.15, -0.1) is 0 Å². The molecule has 0 saturated carbocycles. The van der Waals surface area contributed by atoms with E-state index in [9.17, 15) is 19.8 Å². The molecule has 0 aliphatic heterocycles. The SMILES string of the molecule is COc1ccc(NC(=O)Cn2c(O)c(C(O)c3cccc(-c4ccc(Cl)cc4)c3)[nH]c2=O)cc1. The number of aromatic hydroxyl groups is 1. The number of anilines is 1. The first-order valence-electron chi connectivity index (χ1n) is 10.3. The highest BCUT2D eigenvalue weighted by atomic mass is 35.5. The van der Waals surface area contributed by atoms with Gasteiger partial charge in [0.05, 0.1) is 7.11 Å². The Hall–Kier alpha value is -4.01. The number of nitrogens with zero attached hydrogens (tertiary/aromatic N) is 1. The topological polar surface area (TPSA) is 117 Å². The number of aromatic amines is 1. The summed E-state index contributed by atoms with van der Waals surface area (Å²) in [6, 6.07) is 21.0. The lowest BCUT2D eigenvalue weighted by atomic mass is 9.99. The number of amides is 1. The number of aromatic nitrogens is 2. The molecule has 3 aromatic carbocycles. The molecule has 0 radical (unpaired) electrons. The van der Waals surface area contributed by atoms with Crippen molar-refractivity contribution in [3.63, 3.8) is 0 Å². The molecule has 0 fully saturated rings. The van der Waals surface area contributed by atoms with E-state index in [1.807, 2.05) is 18.2 Å². The van der Waals surface area contributed by atoms with Crippen molar-refractivity contribution in [1.82, 2.24) is 9.55 Å². The average molecular weight is 480 g/mol. The second-order valence-electron chi connectivity index (χ2n) is 7.57. The van der Waals surface area contributed by atoms with E-state index in [1.54, 1.807) is 54.6 Å². The molecule has 1 amide bonds. The molecule has 0 aliphatic carbocycles. The molecule has 1 unspecified atom stereocenters. The third-order valence-electron chi connectivity index (χ3n) is 5.31. The molecule has 8 nitrogen and oxygen atoms in total. The largest absolute Gasteiger partial charge is 0.497 e. The van der Waals surface area contributed by atoms with Crippen LogP contribution in [0, 0.1) is 0 Å². The minimum Gasteiger partial charge on any atom is -0.497 e. The molecule has 9 heteroatoms. The highest BCUT2D eigenvalue weighted by molar-refractivity contribution is 6.30. The molecule has 0 saturated heterocycles. The lowest BCUT2D eigenvalue weighted by Crippen LogP contribution is -2.25. The Kier molecular flexibility index (Phi) is 6.72. The number of halogens is 1. The fourth-order valence-electron chi connectivity index (χ4n) is 3.53. The van der Waals surface area contributed by atoms with Gasteiger partial charge in [0, 0.05) is 10.7 Å². The lowest BCUT2D eigenvalue weighted by Gasteiger charge is -2.12. The van der Waals surface area contributed by atoms with Gasteiger partial charge in [0.25, 0.3) is 0 Å². The maximum absolute atomic E-state index is 12.4. The summed E-state index contributed by atoms with van der Waals surface area (Å²) < 4.78 is 5.94. The Labute approximate surface area is 200 Å². The Morgan fingerprint density at radius 2 is 1.79 bits per heavy atom. The number of benzene rings is 3. The van der Waals surface area contributed by atoms with Crippen molar-refractivity contribution >= 4 is 23.2 Å². The normalized spacial score (nSPS) is 11.7. The van der Waals surface area contributed by atoms with Crippen molar-refractivity contribution < 1.29 is 19.7 Å². The molecule has 174 valence electrons. The summed E-state index contributed by atoms with van der Waals surface area (Å²) >= 11 is 5.95. The third-order valence-corrected chi connectivity index (χ3v) is 5.56. The molecule has 1 heterocycles. The van der Waals surface area contributed by atoms with Crippen molar-refractivity contribution in [3.8, 4) is 22.8 Å². The van der Waals surface area contributed by atoms with E-state index in [0.29, 0.717) is 22.0 Å². The Morgan fingerprint density at radius 3 is 2.47 bits per heavy atom. The first-order valence-corrected chi connectivity index (χ1v) is 10.7. The first-order chi connectivity index (χ1) is 16.4. The summed E-state index contributed by atoms with van der Waals surface area (Å²) in [7, 11) is 1.54. The molecule has 4 N–H and O–H groups in total. The summed E-state index contributed by atoms with van der Waals surface area (Å²) in [5, 5.41) is 24.7. The zero-order chi connectivity index (χ0) is 24.2. The van der Waals surface area contributed by atoms with Gasteiger partial charge in [0.15, 0.2) is 0 Å². The Morgan fingerprint density at radius 1 is 1.09 bits per heavy atom. The van der Waals surface area contributed by atoms with Crippen molar-refractivity contribution in [3.05, 3.63) is 99.6 Å². The van der Waals surface area contributed by atoms with Crippen molar-refractivity contribution in [1.29, 1.82) is 0 Å². The number of hydrogen-bond donors (Lipinski definition) is 4. The zero-order valence-electron chi connectivity index (χ0n) is 18.2. The van der Waals surface area contributed by atoms with Crippen LogP contribution in [0.1, 0.15) is 17.4 Å². The molecule has 0 aliphatic rings. The van der Waals surface area contributed by atoms with Crippen LogP contribution in [0.25, 0.3) is 11.1 Å². The molecule has 0 spiro atoms. The standard InChI is InChI=1S/C25H22ClN3O5/c1-34-20-11-9-19(10-12-20)27-21(30)14-29-24(32)22(28-25(29)33)23(31)17-4-2-3-16(13-17)15-5-7-18(26)8-6-15/h2-13,23,31-32H,14H2,1H3,(H,27,30)(H,28,33). The molecule has 4 aromatic rings. The van der Waals surface area contributed by atoms with E-state index in [-0.39, 0.29) is 5.69 Å². The van der Waals surface area contributed by atoms with Gasteiger partial charge in [0.2, 0.25) is 11.8 Å². The minimum atomic E-state index is -1.31. The fourth-order valence-corrected chi connectivity index (χ4v) is 3.66. The van der Waals surface area contributed by atoms with Gasteiger partial charge in [-0.25, -0.2) is 4.79 Å². The Bertz CT molecular complexity index is 1360. The van der Waals surface area contributed by atoms with Crippen LogP contribution in [-0.2, 0) is 11.3 Å². The van der Waals surface area contributed by atoms with Crippen LogP contribution in [0.15, 0.2) is 77.6 Å². The van der Waals surface area contributed by atoms with Gasteiger partial charge in [0.1, 0.15) is 24.1 Å². The third kappa shape index (κ3) is 4.98. The number of nitrogens with one attached hydrogen (secondary N) is 2. The number of hydrogen-bond acceptors (Lipinski definition) is 5. The second kappa shape index (κ2) is 9.86. The maximum Gasteiger partial charge on any atom is 0.329 e. The number of imidazole rings is 1. The quantitative estimate of drug-likeness (QED) is 0.320. The molecular weight excluding hydrogens is 458 g/mol. The Balaban J connectivity index is 1.53. The minimum absolute atomic E-state index is 0.101. The highest BCUT2D eigenvalue weighted by Gasteiger charge is 2.23. The smallest absolute Gasteiger partial charge is 0.329 e. The molecule has 4 rings (SSSR count). The van der Waals surface area contributed by atoms with Crippen LogP contribution in [0.2, 0.25) is 5.02 Å². The van der Waals surface area contributed by atoms with Crippen LogP contribution in [0.3, 0.4) is 0 Å². The number of carbonyl (C=O) groups excluding carboxylic acids is 1. The number of aliphatic hydroxyl groups excluding tert-OH is 1. The van der Waals surface area contributed by atoms with E-state index in [1.165, 1.54) is 7.11 Å². The highest BCUT2D eigenvalue weighted by Crippen LogP contribution is 2.30. The number of methoxy groups -OCH3 is 1. The van der Waals surface area contributed by atoms with E-state index in [2.05, 4.69) is 10.3 Å². The zero-order valence-corrected chi connectivity index (χ0v) is 18.9. The number of rotatable bonds is 7. The van der Waals surface area contributed by atoms with E-state index < -0.39 is 30.1 Å². The fraction of sp³-hybridized carbons (Fsp3) is 0.120. The summed E-state index contributed by atoms with van der Waals surface area (Å²) in [5.74, 6) is -0.400. The van der Waals surface area contributed by atoms with Gasteiger partial charge in [-0.2, -0.15) is 0 Å². The van der Waals surface area contributed by atoms with Gasteiger partial charge >= 0.3 is 5.69 Å². The number of aliphatic hydroxyl groups is 1. The van der Waals surface area contributed by atoms with Crippen LogP contribution in [0.5, 0.6) is 11.6 Å². The van der Waals surface area contributed by atoms with E-state index in [0.717, 1.165) is 15.7 Å². The maximum atomic E-state index is 12.4. The second-order valence-corrected chi connectivity index (χ2v) is 8.00. The van der Waals surface area contributed by atoms with Crippen LogP contribution in [0.4, 0.5) is 5.69 Å². The molecular formula is C25H22ClN3O5. The van der Waals surface area contributed by atoms with Crippen molar-refractivity contribution in [2.24, 2.45) is 0 Å². The van der Waals surface area contributed by atoms with Crippen LogP contribution < -0.4 is 15.7 Å². The molecule has 34 heavy (non-hydrogen) atoms. The summed E-state index contributed by atoms with van der Waals surface area (Å²) in [6.07, 6.45) is -1.31. The van der Waals surface area contributed by atoms with Gasteiger partial charge in [-0.3, -0.25) is 9.36 Å². The number of H-pyrrole nitrogens is 1. The van der Waals surface area contributed by atoms with Crippen LogP contribution >= 0.6 is 11.6 Å². The van der Waals surface area contributed by atoms with Crippen molar-refractivity contribution in [2.75, 3.05) is 12.4 Å². The summed E-state index contributed by atoms with van der Waals surface area (Å²) in [6.45, 7) is -0.440. The molecule has 1 atom stereocenters. The van der Waals surface area contributed by atoms with Gasteiger partial charge in [-0.1, -0.05) is 41.9 Å². The van der Waals surface area contributed by atoms with Crippen molar-refractivity contribution in [2.45, 2.75) is 12.6 Å². The summed E-state index contributed by atoms with van der Waals surface area (Å²) in [5.41, 5.74) is 1.87. The molecule has 0 bridgehead atoms. The first kappa shape index (κ1) is 23.2. The van der Waals surface area contributed by atoms with E-state index in [4.69, 9.17) is 16.3 Å². The number of carbonyl (C=O) groups is 1.